The monoisotopic (exact) mass is 319 g/mol. The zero-order valence-corrected chi connectivity index (χ0v) is 13.8. The van der Waals surface area contributed by atoms with Crippen LogP contribution >= 0.6 is 0 Å². The molecule has 0 aromatic heterocycles. The summed E-state index contributed by atoms with van der Waals surface area (Å²) in [5, 5.41) is 11.1. The van der Waals surface area contributed by atoms with E-state index in [0.717, 1.165) is 0 Å². The summed E-state index contributed by atoms with van der Waals surface area (Å²) in [5.74, 6) is -2.15. The number of carbonyl (C=O) groups is 3. The summed E-state index contributed by atoms with van der Waals surface area (Å²) >= 11 is 0. The number of esters is 2. The fourth-order valence-electron chi connectivity index (χ4n) is 1.79. The Morgan fingerprint density at radius 2 is 1.64 bits per heavy atom. The quantitative estimate of drug-likeness (QED) is 0.280. The fraction of sp³-hybridized carbons (Fsp3) is 0.786. The van der Waals surface area contributed by atoms with Gasteiger partial charge in [-0.2, -0.15) is 0 Å². The Balaban J connectivity index is 4.28. The molecule has 0 aliphatic heterocycles. The molecule has 2 unspecified atom stereocenters. The molecule has 22 heavy (non-hydrogen) atoms. The number of aliphatic carboxylic acids is 1. The van der Waals surface area contributed by atoms with Crippen molar-refractivity contribution in [1.82, 2.24) is 0 Å². The van der Waals surface area contributed by atoms with E-state index < -0.39 is 30.1 Å². The number of carboxylic acids is 1. The van der Waals surface area contributed by atoms with Gasteiger partial charge in [-0.15, -0.1) is 0 Å². The van der Waals surface area contributed by atoms with Gasteiger partial charge in [0, 0.05) is 20.3 Å². The van der Waals surface area contributed by atoms with Crippen LogP contribution in [0.1, 0.15) is 20.3 Å². The Labute approximate surface area is 130 Å². The molecular formula is C14H25NO7. The molecular weight excluding hydrogens is 294 g/mol. The molecule has 0 aliphatic carbocycles. The minimum atomic E-state index is -1.15. The second-order valence-electron chi connectivity index (χ2n) is 5.85. The largest absolute Gasteiger partial charge is 0.544 e. The number of carbonyl (C=O) groups excluding carboxylic acids is 3. The Hall–Kier alpha value is -1.67. The third-order valence-electron chi connectivity index (χ3n) is 2.85. The van der Waals surface area contributed by atoms with Crippen molar-refractivity contribution < 1.29 is 38.2 Å². The second kappa shape index (κ2) is 9.37. The number of nitrogens with zero attached hydrogens (tertiary/aromatic N) is 1. The first kappa shape index (κ1) is 20.3. The first-order chi connectivity index (χ1) is 10.0. The molecule has 0 radical (unpaired) electrons. The van der Waals surface area contributed by atoms with Gasteiger partial charge in [-0.25, -0.2) is 0 Å². The summed E-state index contributed by atoms with van der Waals surface area (Å²) in [6.07, 6.45) is -0.460. The SMILES string of the molecule is CC(=O)OCC(COCCC(C(=O)[O-])[N+](C)(C)C)OC(C)=O. The normalized spacial score (nSPS) is 14.0. The van der Waals surface area contributed by atoms with Crippen molar-refractivity contribution in [2.75, 3.05) is 41.0 Å². The van der Waals surface area contributed by atoms with E-state index in [1.807, 2.05) is 0 Å². The van der Waals surface area contributed by atoms with E-state index in [-0.39, 0.29) is 30.7 Å². The molecule has 0 aliphatic rings. The van der Waals surface area contributed by atoms with Gasteiger partial charge in [0.25, 0.3) is 0 Å². The molecule has 2 atom stereocenters. The smallest absolute Gasteiger partial charge is 0.303 e. The van der Waals surface area contributed by atoms with Crippen LogP contribution in [0.5, 0.6) is 0 Å². The Morgan fingerprint density at radius 1 is 1.05 bits per heavy atom. The standard InChI is InChI=1S/C14H25NO7/c1-10(16)21-9-12(22-11(2)17)8-20-7-6-13(14(18)19)15(3,4)5/h12-13H,6-9H2,1-5H3. The summed E-state index contributed by atoms with van der Waals surface area (Å²) in [6, 6.07) is -0.708. The van der Waals surface area contributed by atoms with Gasteiger partial charge in [0.05, 0.1) is 40.3 Å². The van der Waals surface area contributed by atoms with Crippen molar-refractivity contribution in [3.8, 4) is 0 Å². The molecule has 8 heteroatoms. The van der Waals surface area contributed by atoms with E-state index in [4.69, 9.17) is 14.2 Å². The van der Waals surface area contributed by atoms with E-state index in [1.54, 1.807) is 21.1 Å². The van der Waals surface area contributed by atoms with E-state index in [9.17, 15) is 19.5 Å². The number of ether oxygens (including phenoxy) is 3. The fourth-order valence-corrected chi connectivity index (χ4v) is 1.79. The molecule has 0 bridgehead atoms. The zero-order valence-electron chi connectivity index (χ0n) is 13.8. The lowest BCUT2D eigenvalue weighted by Gasteiger charge is -2.34. The van der Waals surface area contributed by atoms with Gasteiger partial charge in [0.15, 0.2) is 6.10 Å². The highest BCUT2D eigenvalue weighted by molar-refractivity contribution is 5.69. The van der Waals surface area contributed by atoms with Crippen LogP contribution in [0.4, 0.5) is 0 Å². The molecule has 128 valence electrons. The Morgan fingerprint density at radius 3 is 2.05 bits per heavy atom. The molecule has 0 fully saturated rings. The lowest BCUT2D eigenvalue weighted by molar-refractivity contribution is -0.889. The van der Waals surface area contributed by atoms with Gasteiger partial charge < -0.3 is 28.6 Å². The summed E-state index contributed by atoms with van der Waals surface area (Å²) in [4.78, 5) is 32.8. The molecule has 0 saturated carbocycles. The average molecular weight is 319 g/mol. The number of hydrogen-bond donors (Lipinski definition) is 0. The highest BCUT2D eigenvalue weighted by Gasteiger charge is 2.25. The van der Waals surface area contributed by atoms with Crippen molar-refractivity contribution in [1.29, 1.82) is 0 Å². The van der Waals surface area contributed by atoms with Crippen molar-refractivity contribution in [3.05, 3.63) is 0 Å². The van der Waals surface area contributed by atoms with Crippen LogP contribution in [-0.4, -0.2) is 75.5 Å². The highest BCUT2D eigenvalue weighted by atomic mass is 16.6. The third kappa shape index (κ3) is 9.30. The maximum Gasteiger partial charge on any atom is 0.303 e. The van der Waals surface area contributed by atoms with Crippen molar-refractivity contribution in [2.45, 2.75) is 32.4 Å². The molecule has 0 amide bonds. The second-order valence-corrected chi connectivity index (χ2v) is 5.85. The van der Waals surface area contributed by atoms with Crippen molar-refractivity contribution in [2.24, 2.45) is 0 Å². The zero-order chi connectivity index (χ0) is 17.3. The predicted molar refractivity (Wildman–Crippen MR) is 74.5 cm³/mol. The number of quaternary nitrogens is 1. The van der Waals surface area contributed by atoms with Crippen molar-refractivity contribution >= 4 is 17.9 Å². The van der Waals surface area contributed by atoms with Crippen molar-refractivity contribution in [3.63, 3.8) is 0 Å². The maximum absolute atomic E-state index is 11.1. The minimum Gasteiger partial charge on any atom is -0.544 e. The van der Waals surface area contributed by atoms with Gasteiger partial charge in [0.2, 0.25) is 0 Å². The predicted octanol–water partition coefficient (Wildman–Crippen LogP) is -1.29. The lowest BCUT2D eigenvalue weighted by atomic mass is 10.1. The summed E-state index contributed by atoms with van der Waals surface area (Å²) in [7, 11) is 5.26. The van der Waals surface area contributed by atoms with Gasteiger partial charge in [-0.3, -0.25) is 9.59 Å². The van der Waals surface area contributed by atoms with Crippen LogP contribution < -0.4 is 5.11 Å². The van der Waals surface area contributed by atoms with Crippen LogP contribution in [0.15, 0.2) is 0 Å². The Kier molecular flexibility index (Phi) is 8.66. The van der Waals surface area contributed by atoms with Crippen LogP contribution in [-0.2, 0) is 28.6 Å². The minimum absolute atomic E-state index is 0.0176. The molecule has 0 spiro atoms. The van der Waals surface area contributed by atoms with Crippen LogP contribution in [0.2, 0.25) is 0 Å². The molecule has 0 aromatic rings. The number of rotatable bonds is 10. The van der Waals surface area contributed by atoms with Gasteiger partial charge in [-0.1, -0.05) is 0 Å². The first-order valence-electron chi connectivity index (χ1n) is 6.94. The number of carboxylic acid groups (broad SMARTS) is 1. The van der Waals surface area contributed by atoms with Gasteiger partial charge in [-0.05, 0) is 0 Å². The molecule has 0 aromatic carbocycles. The van der Waals surface area contributed by atoms with Crippen LogP contribution in [0.25, 0.3) is 0 Å². The van der Waals surface area contributed by atoms with Gasteiger partial charge in [0.1, 0.15) is 12.6 Å². The van der Waals surface area contributed by atoms with E-state index in [2.05, 4.69) is 0 Å². The molecule has 0 heterocycles. The highest BCUT2D eigenvalue weighted by Crippen LogP contribution is 2.07. The topological polar surface area (TPSA) is 102 Å². The molecule has 8 nitrogen and oxygen atoms in total. The Bertz CT molecular complexity index is 389. The summed E-state index contributed by atoms with van der Waals surface area (Å²) in [6.45, 7) is 2.56. The number of hydrogen-bond acceptors (Lipinski definition) is 7. The van der Waals surface area contributed by atoms with E-state index in [0.29, 0.717) is 0 Å². The van der Waals surface area contributed by atoms with Crippen LogP contribution in [0.3, 0.4) is 0 Å². The molecule has 0 saturated heterocycles. The van der Waals surface area contributed by atoms with Crippen LogP contribution in [0, 0.1) is 0 Å². The molecule has 0 N–H and O–H groups in total. The average Bonchev–Trinajstić information content (AvgIpc) is 2.32. The molecule has 0 rings (SSSR count). The van der Waals surface area contributed by atoms with E-state index in [1.165, 1.54) is 13.8 Å². The summed E-state index contributed by atoms with van der Waals surface area (Å²) < 4.78 is 15.3. The first-order valence-corrected chi connectivity index (χ1v) is 6.94. The maximum atomic E-state index is 11.1. The summed E-state index contributed by atoms with van der Waals surface area (Å²) in [5.41, 5.74) is 0. The van der Waals surface area contributed by atoms with Gasteiger partial charge >= 0.3 is 11.9 Å². The number of likely N-dealkylation sites (N-methyl/N-ethyl adjacent to an activating group) is 1. The van der Waals surface area contributed by atoms with E-state index >= 15 is 0 Å². The third-order valence-corrected chi connectivity index (χ3v) is 2.85. The lowest BCUT2D eigenvalue weighted by Crippen LogP contribution is -2.55.